The Balaban J connectivity index is 0.00000338. The highest BCUT2D eigenvalue weighted by molar-refractivity contribution is 14.0. The number of hydrogen-bond acceptors (Lipinski definition) is 4. The Morgan fingerprint density at radius 1 is 1.23 bits per heavy atom. The van der Waals surface area contributed by atoms with Crippen LogP contribution in [0.2, 0.25) is 0 Å². The Hall–Kier alpha value is -1.35. The van der Waals surface area contributed by atoms with Gasteiger partial charge in [0.2, 0.25) is 0 Å². The topological polar surface area (TPSA) is 58.5 Å². The van der Waals surface area contributed by atoms with Crippen LogP contribution in [0.4, 0.5) is 0 Å². The molecule has 0 amide bonds. The number of aromatic nitrogens is 1. The minimum Gasteiger partial charge on any atom is -0.494 e. The van der Waals surface area contributed by atoms with E-state index < -0.39 is 0 Å². The Morgan fingerprint density at radius 2 is 2.04 bits per heavy atom. The van der Waals surface area contributed by atoms with Crippen molar-refractivity contribution >= 4 is 41.3 Å². The summed E-state index contributed by atoms with van der Waals surface area (Å²) >= 11 is 1.69. The minimum atomic E-state index is 0. The molecule has 1 aromatic carbocycles. The van der Waals surface area contributed by atoms with E-state index in [4.69, 9.17) is 4.74 Å². The first kappa shape index (κ1) is 22.7. The molecule has 0 bridgehead atoms. The van der Waals surface area contributed by atoms with Crippen molar-refractivity contribution in [3.05, 3.63) is 45.4 Å². The Labute approximate surface area is 177 Å². The van der Waals surface area contributed by atoms with Gasteiger partial charge in [-0.05, 0) is 44.9 Å². The van der Waals surface area contributed by atoms with Gasteiger partial charge in [-0.25, -0.2) is 9.98 Å². The third kappa shape index (κ3) is 7.49. The van der Waals surface area contributed by atoms with Crippen LogP contribution in [0.5, 0.6) is 5.75 Å². The second kappa shape index (κ2) is 12.1. The summed E-state index contributed by atoms with van der Waals surface area (Å²) < 4.78 is 5.59. The van der Waals surface area contributed by atoms with Crippen LogP contribution in [-0.4, -0.2) is 30.6 Å². The van der Waals surface area contributed by atoms with Gasteiger partial charge < -0.3 is 15.4 Å². The summed E-state index contributed by atoms with van der Waals surface area (Å²) in [4.78, 5) is 9.16. The number of guanidine groups is 1. The van der Waals surface area contributed by atoms with E-state index >= 15 is 0 Å². The third-order valence-corrected chi connectivity index (χ3v) is 4.47. The Kier molecular flexibility index (Phi) is 10.6. The summed E-state index contributed by atoms with van der Waals surface area (Å²) in [5.41, 5.74) is 3.45. The van der Waals surface area contributed by atoms with Gasteiger partial charge in [-0.3, -0.25) is 0 Å². The van der Waals surface area contributed by atoms with Crippen molar-refractivity contribution in [2.24, 2.45) is 4.99 Å². The average Bonchev–Trinajstić information content (AvgIpc) is 3.00. The molecule has 1 aromatic heterocycles. The highest BCUT2D eigenvalue weighted by Crippen LogP contribution is 2.19. The van der Waals surface area contributed by atoms with Gasteiger partial charge in [0.25, 0.3) is 0 Å². The monoisotopic (exact) mass is 488 g/mol. The van der Waals surface area contributed by atoms with Crippen LogP contribution >= 0.6 is 35.3 Å². The van der Waals surface area contributed by atoms with E-state index in [-0.39, 0.29) is 24.0 Å². The van der Waals surface area contributed by atoms with Crippen molar-refractivity contribution in [2.75, 3.05) is 19.7 Å². The second-order valence-corrected chi connectivity index (χ2v) is 6.82. The number of nitrogens with zero attached hydrogens (tertiary/aromatic N) is 2. The number of benzene rings is 1. The number of nitrogens with one attached hydrogen (secondary N) is 2. The van der Waals surface area contributed by atoms with Crippen molar-refractivity contribution in [1.29, 1.82) is 0 Å². The van der Waals surface area contributed by atoms with Gasteiger partial charge >= 0.3 is 0 Å². The molecule has 0 aliphatic rings. The van der Waals surface area contributed by atoms with Crippen LogP contribution in [-0.2, 0) is 13.0 Å². The number of thiazole rings is 1. The van der Waals surface area contributed by atoms with E-state index in [0.29, 0.717) is 13.2 Å². The van der Waals surface area contributed by atoms with Crippen LogP contribution in [0.15, 0.2) is 28.6 Å². The van der Waals surface area contributed by atoms with Crippen LogP contribution in [0.1, 0.15) is 35.7 Å². The van der Waals surface area contributed by atoms with Gasteiger partial charge in [0.15, 0.2) is 5.96 Å². The first-order valence-electron chi connectivity index (χ1n) is 8.77. The smallest absolute Gasteiger partial charge is 0.191 e. The predicted octanol–water partition coefficient (Wildman–Crippen LogP) is 4.07. The molecule has 0 aliphatic carbocycles. The zero-order chi connectivity index (χ0) is 18.1. The van der Waals surface area contributed by atoms with Crippen LogP contribution in [0.25, 0.3) is 0 Å². The zero-order valence-corrected chi connectivity index (χ0v) is 19.1. The molecule has 144 valence electrons. The maximum absolute atomic E-state index is 5.59. The molecule has 0 radical (unpaired) electrons. The summed E-state index contributed by atoms with van der Waals surface area (Å²) in [6.45, 7) is 11.1. The van der Waals surface area contributed by atoms with Gasteiger partial charge in [0.1, 0.15) is 5.75 Å². The molecular formula is C19H29IN4OS. The maximum Gasteiger partial charge on any atom is 0.191 e. The molecule has 0 atom stereocenters. The minimum absolute atomic E-state index is 0. The molecule has 2 N–H and O–H groups in total. The number of aliphatic imine (C=N–C) groups is 1. The van der Waals surface area contributed by atoms with Gasteiger partial charge in [-0.15, -0.1) is 35.3 Å². The lowest BCUT2D eigenvalue weighted by molar-refractivity contribution is 0.338. The normalized spacial score (nSPS) is 11.0. The lowest BCUT2D eigenvalue weighted by atomic mass is 10.1. The highest BCUT2D eigenvalue weighted by atomic mass is 127. The van der Waals surface area contributed by atoms with Gasteiger partial charge in [0, 0.05) is 24.9 Å². The van der Waals surface area contributed by atoms with Crippen LogP contribution in [0.3, 0.4) is 0 Å². The van der Waals surface area contributed by atoms with Crippen LogP contribution < -0.4 is 15.4 Å². The molecule has 0 saturated heterocycles. The molecule has 0 aliphatic heterocycles. The molecule has 0 unspecified atom stereocenters. The van der Waals surface area contributed by atoms with E-state index in [1.807, 2.05) is 19.9 Å². The molecule has 0 fully saturated rings. The first-order valence-corrected chi connectivity index (χ1v) is 9.65. The number of hydrogen-bond donors (Lipinski definition) is 2. The van der Waals surface area contributed by atoms with E-state index in [9.17, 15) is 0 Å². The number of ether oxygens (including phenoxy) is 1. The fourth-order valence-corrected chi connectivity index (χ4v) is 3.12. The predicted molar refractivity (Wildman–Crippen MR) is 121 cm³/mol. The molecule has 7 heteroatoms. The van der Waals surface area contributed by atoms with Crippen LogP contribution in [0, 0.1) is 13.8 Å². The van der Waals surface area contributed by atoms with Crippen molar-refractivity contribution in [1.82, 2.24) is 15.6 Å². The van der Waals surface area contributed by atoms with E-state index in [2.05, 4.69) is 52.0 Å². The van der Waals surface area contributed by atoms with Crippen molar-refractivity contribution in [3.8, 4) is 5.75 Å². The molecule has 5 nitrogen and oxygen atoms in total. The zero-order valence-electron chi connectivity index (χ0n) is 16.0. The van der Waals surface area contributed by atoms with E-state index in [1.165, 1.54) is 5.56 Å². The molecular weight excluding hydrogens is 459 g/mol. The highest BCUT2D eigenvalue weighted by Gasteiger charge is 2.03. The summed E-state index contributed by atoms with van der Waals surface area (Å²) in [5, 5.41) is 9.89. The fourth-order valence-electron chi connectivity index (χ4n) is 2.47. The summed E-state index contributed by atoms with van der Waals surface area (Å²) in [5.74, 6) is 1.78. The number of aryl methyl sites for hydroxylation is 2. The molecule has 0 spiro atoms. The molecule has 2 rings (SSSR count). The quantitative estimate of drug-likeness (QED) is 0.334. The van der Waals surface area contributed by atoms with E-state index in [1.54, 1.807) is 11.3 Å². The van der Waals surface area contributed by atoms with Crippen molar-refractivity contribution in [2.45, 2.75) is 40.7 Å². The molecule has 0 saturated carbocycles. The van der Waals surface area contributed by atoms with Gasteiger partial charge in [0.05, 0.1) is 23.9 Å². The van der Waals surface area contributed by atoms with Gasteiger partial charge in [-0.1, -0.05) is 12.1 Å². The average molecular weight is 488 g/mol. The molecule has 2 aromatic rings. The standard InChI is InChI=1S/C19H28N4OS.HI/c1-5-20-19(21-10-9-17-13-25-15(4)23-17)22-12-16-7-8-18(24-6-2)14(3)11-16;/h7-8,11,13H,5-6,9-10,12H2,1-4H3,(H2,20,21,22);1H. The summed E-state index contributed by atoms with van der Waals surface area (Å²) in [7, 11) is 0. The van der Waals surface area contributed by atoms with Crippen molar-refractivity contribution in [3.63, 3.8) is 0 Å². The maximum atomic E-state index is 5.59. The first-order chi connectivity index (χ1) is 12.1. The fraction of sp³-hybridized carbons (Fsp3) is 0.474. The van der Waals surface area contributed by atoms with Crippen molar-refractivity contribution < 1.29 is 4.74 Å². The van der Waals surface area contributed by atoms with E-state index in [0.717, 1.165) is 47.5 Å². The Morgan fingerprint density at radius 3 is 2.65 bits per heavy atom. The summed E-state index contributed by atoms with van der Waals surface area (Å²) in [6, 6.07) is 6.23. The number of rotatable bonds is 8. The lowest BCUT2D eigenvalue weighted by Gasteiger charge is -2.11. The SMILES string of the molecule is CCNC(=NCc1ccc(OCC)c(C)c1)NCCc1csc(C)n1.I. The van der Waals surface area contributed by atoms with Gasteiger partial charge in [-0.2, -0.15) is 0 Å². The second-order valence-electron chi connectivity index (χ2n) is 5.76. The Bertz CT molecular complexity index is 703. The lowest BCUT2D eigenvalue weighted by Crippen LogP contribution is -2.38. The molecule has 26 heavy (non-hydrogen) atoms. The number of halogens is 1. The third-order valence-electron chi connectivity index (χ3n) is 3.64. The largest absolute Gasteiger partial charge is 0.494 e. The summed E-state index contributed by atoms with van der Waals surface area (Å²) in [6.07, 6.45) is 0.900. The molecule has 1 heterocycles.